The SMILES string of the molecule is Cn1c2c(c3ccccc31)CC(C(=O)O)NC2c1ccccc1. The molecule has 0 saturated heterocycles. The summed E-state index contributed by atoms with van der Waals surface area (Å²) in [5, 5.41) is 14.0. The highest BCUT2D eigenvalue weighted by atomic mass is 16.4. The third-order valence-corrected chi connectivity index (χ3v) is 4.74. The first-order valence-electron chi connectivity index (χ1n) is 7.77. The molecule has 3 aromatic rings. The molecule has 1 aromatic heterocycles. The van der Waals surface area contributed by atoms with E-state index >= 15 is 0 Å². The Balaban J connectivity index is 1.97. The largest absolute Gasteiger partial charge is 0.480 e. The summed E-state index contributed by atoms with van der Waals surface area (Å²) in [7, 11) is 2.06. The highest BCUT2D eigenvalue weighted by Crippen LogP contribution is 2.36. The minimum atomic E-state index is -0.801. The maximum Gasteiger partial charge on any atom is 0.321 e. The summed E-state index contributed by atoms with van der Waals surface area (Å²) in [6.07, 6.45) is 0.509. The number of carboxylic acids is 1. The predicted octanol–water partition coefficient (Wildman–Crippen LogP) is 2.87. The van der Waals surface area contributed by atoms with Crippen LogP contribution in [0.2, 0.25) is 0 Å². The van der Waals surface area contributed by atoms with Crippen molar-refractivity contribution in [1.82, 2.24) is 9.88 Å². The van der Waals surface area contributed by atoms with Crippen LogP contribution in [0.5, 0.6) is 0 Å². The van der Waals surface area contributed by atoms with E-state index in [4.69, 9.17) is 0 Å². The molecule has 0 spiro atoms. The standard InChI is InChI=1S/C19H18N2O2/c1-21-16-10-6-5-9-13(16)14-11-15(19(22)23)20-17(18(14)21)12-7-3-2-4-8-12/h2-10,15,17,20H,11H2,1H3,(H,22,23). The Morgan fingerprint density at radius 2 is 1.83 bits per heavy atom. The van der Waals surface area contributed by atoms with E-state index in [2.05, 4.69) is 29.1 Å². The second kappa shape index (κ2) is 5.25. The molecule has 4 nitrogen and oxygen atoms in total. The first-order chi connectivity index (χ1) is 11.2. The van der Waals surface area contributed by atoms with Crippen molar-refractivity contribution < 1.29 is 9.90 Å². The molecule has 2 unspecified atom stereocenters. The van der Waals surface area contributed by atoms with E-state index in [-0.39, 0.29) is 6.04 Å². The summed E-state index contributed by atoms with van der Waals surface area (Å²) in [5.41, 5.74) is 4.54. The van der Waals surface area contributed by atoms with Gasteiger partial charge in [0.05, 0.1) is 6.04 Å². The Morgan fingerprint density at radius 3 is 2.57 bits per heavy atom. The van der Waals surface area contributed by atoms with Crippen molar-refractivity contribution in [1.29, 1.82) is 0 Å². The van der Waals surface area contributed by atoms with Gasteiger partial charge in [0.2, 0.25) is 0 Å². The summed E-state index contributed by atoms with van der Waals surface area (Å²) in [5.74, 6) is -0.801. The van der Waals surface area contributed by atoms with Gasteiger partial charge in [0.25, 0.3) is 0 Å². The van der Waals surface area contributed by atoms with Gasteiger partial charge in [-0.1, -0.05) is 48.5 Å². The third kappa shape index (κ3) is 2.14. The monoisotopic (exact) mass is 306 g/mol. The van der Waals surface area contributed by atoms with Gasteiger partial charge in [-0.2, -0.15) is 0 Å². The van der Waals surface area contributed by atoms with Gasteiger partial charge in [-0.05, 0) is 17.2 Å². The van der Waals surface area contributed by atoms with Crippen LogP contribution in [0.3, 0.4) is 0 Å². The third-order valence-electron chi connectivity index (χ3n) is 4.74. The average Bonchev–Trinajstić information content (AvgIpc) is 2.88. The van der Waals surface area contributed by atoms with E-state index in [1.807, 2.05) is 42.5 Å². The Morgan fingerprint density at radius 1 is 1.13 bits per heavy atom. The number of aromatic nitrogens is 1. The molecular weight excluding hydrogens is 288 g/mol. The number of benzene rings is 2. The molecule has 0 aliphatic carbocycles. The smallest absolute Gasteiger partial charge is 0.321 e. The summed E-state index contributed by atoms with van der Waals surface area (Å²) in [6.45, 7) is 0. The lowest BCUT2D eigenvalue weighted by molar-refractivity contribution is -0.139. The minimum absolute atomic E-state index is 0.113. The Kier molecular flexibility index (Phi) is 3.20. The molecule has 2 atom stereocenters. The molecule has 1 aliphatic rings. The fraction of sp³-hybridized carbons (Fsp3) is 0.211. The van der Waals surface area contributed by atoms with Crippen molar-refractivity contribution in [2.24, 2.45) is 7.05 Å². The first-order valence-corrected chi connectivity index (χ1v) is 7.77. The number of nitrogens with one attached hydrogen (secondary N) is 1. The van der Waals surface area contributed by atoms with Gasteiger partial charge in [-0.15, -0.1) is 0 Å². The van der Waals surface area contributed by atoms with Crippen molar-refractivity contribution in [3.63, 3.8) is 0 Å². The molecule has 0 fully saturated rings. The number of para-hydroxylation sites is 1. The predicted molar refractivity (Wildman–Crippen MR) is 89.5 cm³/mol. The number of hydrogen-bond acceptors (Lipinski definition) is 2. The number of aryl methyl sites for hydroxylation is 1. The van der Waals surface area contributed by atoms with Crippen molar-refractivity contribution in [3.8, 4) is 0 Å². The van der Waals surface area contributed by atoms with Gasteiger partial charge in [-0.25, -0.2) is 0 Å². The fourth-order valence-electron chi connectivity index (χ4n) is 3.68. The molecule has 1 aliphatic heterocycles. The van der Waals surface area contributed by atoms with Gasteiger partial charge in [0.15, 0.2) is 0 Å². The van der Waals surface area contributed by atoms with Crippen molar-refractivity contribution in [2.75, 3.05) is 0 Å². The van der Waals surface area contributed by atoms with Crippen LogP contribution in [-0.2, 0) is 18.3 Å². The molecule has 0 radical (unpaired) electrons. The molecule has 4 heteroatoms. The molecule has 116 valence electrons. The Bertz CT molecular complexity index is 883. The molecule has 0 bridgehead atoms. The van der Waals surface area contributed by atoms with Crippen LogP contribution in [0.15, 0.2) is 54.6 Å². The zero-order chi connectivity index (χ0) is 16.0. The molecular formula is C19H18N2O2. The second-order valence-corrected chi connectivity index (χ2v) is 6.05. The lowest BCUT2D eigenvalue weighted by Gasteiger charge is -2.30. The number of carbonyl (C=O) groups is 1. The Hall–Kier alpha value is -2.59. The summed E-state index contributed by atoms with van der Waals surface area (Å²) in [6, 6.07) is 17.6. The van der Waals surface area contributed by atoms with Crippen LogP contribution < -0.4 is 5.32 Å². The minimum Gasteiger partial charge on any atom is -0.480 e. The van der Waals surface area contributed by atoms with Crippen LogP contribution >= 0.6 is 0 Å². The van der Waals surface area contributed by atoms with Crippen LogP contribution in [0.25, 0.3) is 10.9 Å². The number of aliphatic carboxylic acids is 1. The van der Waals surface area contributed by atoms with E-state index in [9.17, 15) is 9.90 Å². The lowest BCUT2D eigenvalue weighted by Crippen LogP contribution is -2.45. The molecule has 2 heterocycles. The van der Waals surface area contributed by atoms with E-state index in [1.54, 1.807) is 0 Å². The first kappa shape index (κ1) is 14.0. The number of fused-ring (bicyclic) bond motifs is 3. The highest BCUT2D eigenvalue weighted by molar-refractivity contribution is 5.87. The fourth-order valence-corrected chi connectivity index (χ4v) is 3.68. The van der Waals surface area contributed by atoms with Crippen LogP contribution in [-0.4, -0.2) is 21.7 Å². The number of nitrogens with zero attached hydrogens (tertiary/aromatic N) is 1. The molecule has 2 aromatic carbocycles. The number of hydrogen-bond donors (Lipinski definition) is 2. The van der Waals surface area contributed by atoms with Crippen molar-refractivity contribution >= 4 is 16.9 Å². The molecule has 0 amide bonds. The zero-order valence-electron chi connectivity index (χ0n) is 12.9. The maximum absolute atomic E-state index is 11.6. The van der Waals surface area contributed by atoms with Crippen molar-refractivity contribution in [2.45, 2.75) is 18.5 Å². The van der Waals surface area contributed by atoms with Crippen LogP contribution in [0.4, 0.5) is 0 Å². The maximum atomic E-state index is 11.6. The molecule has 2 N–H and O–H groups in total. The topological polar surface area (TPSA) is 54.3 Å². The lowest BCUT2D eigenvalue weighted by atomic mass is 9.90. The number of carboxylic acid groups (broad SMARTS) is 1. The van der Waals surface area contributed by atoms with Crippen molar-refractivity contribution in [3.05, 3.63) is 71.4 Å². The molecule has 0 saturated carbocycles. The van der Waals surface area contributed by atoms with Gasteiger partial charge in [0, 0.05) is 30.1 Å². The number of rotatable bonds is 2. The average molecular weight is 306 g/mol. The summed E-state index contributed by atoms with van der Waals surface area (Å²) < 4.78 is 2.19. The van der Waals surface area contributed by atoms with Crippen LogP contribution in [0.1, 0.15) is 22.9 Å². The van der Waals surface area contributed by atoms with E-state index in [1.165, 1.54) is 0 Å². The Labute approximate surface area is 134 Å². The second-order valence-electron chi connectivity index (χ2n) is 6.05. The van der Waals surface area contributed by atoms with E-state index in [0.29, 0.717) is 6.42 Å². The summed E-state index contributed by atoms with van der Waals surface area (Å²) >= 11 is 0. The van der Waals surface area contributed by atoms with Crippen LogP contribution in [0, 0.1) is 0 Å². The quantitative estimate of drug-likeness (QED) is 0.765. The van der Waals surface area contributed by atoms with Gasteiger partial charge in [-0.3, -0.25) is 10.1 Å². The summed E-state index contributed by atoms with van der Waals surface area (Å²) in [4.78, 5) is 11.6. The van der Waals surface area contributed by atoms with E-state index < -0.39 is 12.0 Å². The zero-order valence-corrected chi connectivity index (χ0v) is 12.9. The van der Waals surface area contributed by atoms with Gasteiger partial charge >= 0.3 is 5.97 Å². The van der Waals surface area contributed by atoms with Gasteiger partial charge in [0.1, 0.15) is 6.04 Å². The van der Waals surface area contributed by atoms with E-state index in [0.717, 1.165) is 27.7 Å². The molecule has 23 heavy (non-hydrogen) atoms. The van der Waals surface area contributed by atoms with Gasteiger partial charge < -0.3 is 9.67 Å². The molecule has 4 rings (SSSR count). The highest BCUT2D eigenvalue weighted by Gasteiger charge is 2.34. The normalized spacial score (nSPS) is 20.4.